The van der Waals surface area contributed by atoms with Crippen molar-refractivity contribution in [1.82, 2.24) is 14.8 Å². The number of ether oxygens (including phenoxy) is 2. The third-order valence-electron chi connectivity index (χ3n) is 4.69. The number of methoxy groups -OCH3 is 1. The number of benzene rings is 2. The highest BCUT2D eigenvalue weighted by atomic mass is 32.2. The maximum Gasteiger partial charge on any atom is 0.191 e. The summed E-state index contributed by atoms with van der Waals surface area (Å²) in [5, 5.41) is 9.90. The van der Waals surface area contributed by atoms with Crippen molar-refractivity contribution in [3.8, 4) is 17.1 Å². The van der Waals surface area contributed by atoms with E-state index >= 15 is 0 Å². The normalized spacial score (nSPS) is 16.6. The average Bonchev–Trinajstić information content (AvgIpc) is 3.38. The molecule has 0 radical (unpaired) electrons. The van der Waals surface area contributed by atoms with Crippen LogP contribution in [0.3, 0.4) is 0 Å². The number of rotatable bonds is 7. The van der Waals surface area contributed by atoms with Crippen molar-refractivity contribution < 1.29 is 9.47 Å². The SMILES string of the molecule is COc1ccc(-c2nnc(SCc3ccccc3)n2C[C@H]2CCCO2)cc1. The van der Waals surface area contributed by atoms with E-state index in [-0.39, 0.29) is 6.10 Å². The molecule has 0 unspecified atom stereocenters. The van der Waals surface area contributed by atoms with Gasteiger partial charge in [-0.05, 0) is 42.7 Å². The number of thioether (sulfide) groups is 1. The minimum absolute atomic E-state index is 0.231. The molecule has 3 aromatic rings. The fourth-order valence-electron chi connectivity index (χ4n) is 3.23. The van der Waals surface area contributed by atoms with Gasteiger partial charge in [-0.2, -0.15) is 0 Å². The molecule has 1 aromatic heterocycles. The molecule has 5 nitrogen and oxygen atoms in total. The zero-order chi connectivity index (χ0) is 18.5. The Morgan fingerprint density at radius 2 is 1.93 bits per heavy atom. The van der Waals surface area contributed by atoms with Crippen molar-refractivity contribution in [2.24, 2.45) is 0 Å². The van der Waals surface area contributed by atoms with Crippen molar-refractivity contribution in [3.63, 3.8) is 0 Å². The molecule has 1 aliphatic rings. The van der Waals surface area contributed by atoms with Crippen molar-refractivity contribution in [2.45, 2.75) is 36.4 Å². The Labute approximate surface area is 163 Å². The Hall–Kier alpha value is -2.31. The predicted octanol–water partition coefficient (Wildman–Crippen LogP) is 4.43. The first-order chi connectivity index (χ1) is 13.3. The molecular formula is C21H23N3O2S. The fourth-order valence-corrected chi connectivity index (χ4v) is 4.13. The summed E-state index contributed by atoms with van der Waals surface area (Å²) in [6.07, 6.45) is 2.44. The lowest BCUT2D eigenvalue weighted by Gasteiger charge is -2.15. The van der Waals surface area contributed by atoms with E-state index in [1.165, 1.54) is 5.56 Å². The van der Waals surface area contributed by atoms with Gasteiger partial charge >= 0.3 is 0 Å². The van der Waals surface area contributed by atoms with E-state index < -0.39 is 0 Å². The Morgan fingerprint density at radius 1 is 1.11 bits per heavy atom. The quantitative estimate of drug-likeness (QED) is 0.567. The molecule has 0 aliphatic carbocycles. The summed E-state index contributed by atoms with van der Waals surface area (Å²) in [6.45, 7) is 1.63. The molecule has 27 heavy (non-hydrogen) atoms. The molecule has 2 aromatic carbocycles. The van der Waals surface area contributed by atoms with Gasteiger partial charge in [-0.15, -0.1) is 10.2 Å². The van der Waals surface area contributed by atoms with Crippen LogP contribution in [0.5, 0.6) is 5.75 Å². The molecule has 1 aliphatic heterocycles. The Balaban J connectivity index is 1.60. The Morgan fingerprint density at radius 3 is 2.63 bits per heavy atom. The number of aromatic nitrogens is 3. The van der Waals surface area contributed by atoms with Crippen LogP contribution in [0.1, 0.15) is 18.4 Å². The van der Waals surface area contributed by atoms with Gasteiger partial charge in [-0.3, -0.25) is 4.57 Å². The zero-order valence-electron chi connectivity index (χ0n) is 15.4. The molecule has 2 heterocycles. The summed E-state index contributed by atoms with van der Waals surface area (Å²) in [4.78, 5) is 0. The van der Waals surface area contributed by atoms with Crippen LogP contribution < -0.4 is 4.74 Å². The van der Waals surface area contributed by atoms with E-state index in [0.29, 0.717) is 0 Å². The summed E-state index contributed by atoms with van der Waals surface area (Å²) in [6, 6.07) is 18.4. The van der Waals surface area contributed by atoms with Gasteiger partial charge in [0.2, 0.25) is 0 Å². The third-order valence-corrected chi connectivity index (χ3v) is 5.72. The predicted molar refractivity (Wildman–Crippen MR) is 107 cm³/mol. The minimum atomic E-state index is 0.231. The van der Waals surface area contributed by atoms with Crippen LogP contribution in [0, 0.1) is 0 Å². The van der Waals surface area contributed by atoms with E-state index in [1.807, 2.05) is 30.3 Å². The van der Waals surface area contributed by atoms with E-state index in [1.54, 1.807) is 18.9 Å². The Bertz CT molecular complexity index is 859. The number of nitrogens with zero attached hydrogens (tertiary/aromatic N) is 3. The molecular weight excluding hydrogens is 358 g/mol. The summed E-state index contributed by atoms with van der Waals surface area (Å²) < 4.78 is 13.3. The van der Waals surface area contributed by atoms with Gasteiger partial charge in [0.05, 0.1) is 19.8 Å². The molecule has 140 valence electrons. The van der Waals surface area contributed by atoms with Crippen molar-refractivity contribution in [3.05, 3.63) is 60.2 Å². The maximum absolute atomic E-state index is 5.87. The van der Waals surface area contributed by atoms with Gasteiger partial charge in [0.25, 0.3) is 0 Å². The van der Waals surface area contributed by atoms with Crippen LogP contribution in [-0.2, 0) is 17.0 Å². The van der Waals surface area contributed by atoms with Crippen molar-refractivity contribution in [1.29, 1.82) is 0 Å². The average molecular weight is 382 g/mol. The summed E-state index contributed by atoms with van der Waals surface area (Å²) in [5.74, 6) is 2.58. The molecule has 6 heteroatoms. The summed E-state index contributed by atoms with van der Waals surface area (Å²) >= 11 is 1.72. The monoisotopic (exact) mass is 381 g/mol. The minimum Gasteiger partial charge on any atom is -0.497 e. The molecule has 0 amide bonds. The van der Waals surface area contributed by atoms with Crippen LogP contribution in [0.2, 0.25) is 0 Å². The molecule has 0 bridgehead atoms. The molecule has 1 atom stereocenters. The second-order valence-electron chi connectivity index (χ2n) is 6.55. The number of hydrogen-bond donors (Lipinski definition) is 0. The van der Waals surface area contributed by atoms with Crippen LogP contribution in [0.4, 0.5) is 0 Å². The first-order valence-corrected chi connectivity index (χ1v) is 10.2. The van der Waals surface area contributed by atoms with E-state index in [2.05, 4.69) is 39.0 Å². The van der Waals surface area contributed by atoms with Crippen LogP contribution >= 0.6 is 11.8 Å². The van der Waals surface area contributed by atoms with Gasteiger partial charge in [0, 0.05) is 17.9 Å². The first kappa shape index (κ1) is 18.1. The first-order valence-electron chi connectivity index (χ1n) is 9.19. The molecule has 1 saturated heterocycles. The van der Waals surface area contributed by atoms with Gasteiger partial charge in [-0.25, -0.2) is 0 Å². The lowest BCUT2D eigenvalue weighted by Crippen LogP contribution is -2.16. The molecule has 0 spiro atoms. The van der Waals surface area contributed by atoms with Crippen molar-refractivity contribution in [2.75, 3.05) is 13.7 Å². The van der Waals surface area contributed by atoms with E-state index in [0.717, 1.165) is 54.0 Å². The summed E-state index contributed by atoms with van der Waals surface area (Å²) in [7, 11) is 1.67. The second-order valence-corrected chi connectivity index (χ2v) is 7.50. The smallest absolute Gasteiger partial charge is 0.191 e. The summed E-state index contributed by atoms with van der Waals surface area (Å²) in [5.41, 5.74) is 2.31. The van der Waals surface area contributed by atoms with Gasteiger partial charge in [-0.1, -0.05) is 42.1 Å². The third kappa shape index (κ3) is 4.34. The van der Waals surface area contributed by atoms with Gasteiger partial charge < -0.3 is 9.47 Å². The van der Waals surface area contributed by atoms with Gasteiger partial charge in [0.15, 0.2) is 11.0 Å². The van der Waals surface area contributed by atoms with Gasteiger partial charge in [0.1, 0.15) is 5.75 Å². The molecule has 1 fully saturated rings. The second kappa shape index (κ2) is 8.59. The lowest BCUT2D eigenvalue weighted by molar-refractivity contribution is 0.0953. The topological polar surface area (TPSA) is 49.2 Å². The molecule has 0 saturated carbocycles. The lowest BCUT2D eigenvalue weighted by atomic mass is 10.2. The van der Waals surface area contributed by atoms with E-state index in [9.17, 15) is 0 Å². The van der Waals surface area contributed by atoms with Crippen LogP contribution in [0.15, 0.2) is 59.8 Å². The van der Waals surface area contributed by atoms with Crippen molar-refractivity contribution >= 4 is 11.8 Å². The highest BCUT2D eigenvalue weighted by molar-refractivity contribution is 7.98. The zero-order valence-corrected chi connectivity index (χ0v) is 16.2. The van der Waals surface area contributed by atoms with Crippen LogP contribution in [0.25, 0.3) is 11.4 Å². The van der Waals surface area contributed by atoms with E-state index in [4.69, 9.17) is 9.47 Å². The highest BCUT2D eigenvalue weighted by Gasteiger charge is 2.21. The Kier molecular flexibility index (Phi) is 5.75. The molecule has 0 N–H and O–H groups in total. The highest BCUT2D eigenvalue weighted by Crippen LogP contribution is 2.29. The fraction of sp³-hybridized carbons (Fsp3) is 0.333. The maximum atomic E-state index is 5.87. The standard InChI is InChI=1S/C21H23N3O2S/c1-25-18-11-9-17(10-12-18)20-22-23-21(24(20)14-19-8-5-13-26-19)27-15-16-6-3-2-4-7-16/h2-4,6-7,9-12,19H,5,8,13-15H2,1H3/t19-/m1/s1. The largest absolute Gasteiger partial charge is 0.497 e. The molecule has 4 rings (SSSR count). The number of hydrogen-bond acceptors (Lipinski definition) is 5. The van der Waals surface area contributed by atoms with Crippen LogP contribution in [-0.4, -0.2) is 34.6 Å².